The monoisotopic (exact) mass is 308 g/mol. The summed E-state index contributed by atoms with van der Waals surface area (Å²) < 4.78 is 60.2. The van der Waals surface area contributed by atoms with Crippen molar-refractivity contribution in [2.75, 3.05) is 33.5 Å². The average Bonchev–Trinajstić information content (AvgIpc) is 2.38. The molecular formula is C10H19F3O7. The van der Waals surface area contributed by atoms with Crippen molar-refractivity contribution < 1.29 is 47.0 Å². The fourth-order valence-corrected chi connectivity index (χ4v) is 1.27. The molecule has 10 heteroatoms. The van der Waals surface area contributed by atoms with E-state index in [0.717, 1.165) is 0 Å². The van der Waals surface area contributed by atoms with Crippen molar-refractivity contribution >= 4 is 0 Å². The van der Waals surface area contributed by atoms with Gasteiger partial charge in [-0.1, -0.05) is 0 Å². The molecular weight excluding hydrogens is 289 g/mol. The number of aliphatic hydroxyl groups is 1. The molecule has 0 fully saturated rings. The first kappa shape index (κ1) is 19.5. The molecule has 0 aromatic carbocycles. The fraction of sp³-hybridized carbons (Fsp3) is 1.00. The Hall–Kier alpha value is -0.490. The van der Waals surface area contributed by atoms with Gasteiger partial charge < -0.3 is 24.1 Å². The van der Waals surface area contributed by atoms with Crippen LogP contribution < -0.4 is 0 Å². The molecule has 20 heavy (non-hydrogen) atoms. The number of rotatable bonds is 12. The molecule has 2 atom stereocenters. The summed E-state index contributed by atoms with van der Waals surface area (Å²) in [6.45, 7) is -1.69. The highest BCUT2D eigenvalue weighted by atomic mass is 19.3. The lowest BCUT2D eigenvalue weighted by atomic mass is 10.4. The minimum atomic E-state index is -3.52. The quantitative estimate of drug-likeness (QED) is 0.428. The highest BCUT2D eigenvalue weighted by Gasteiger charge is 2.62. The zero-order chi connectivity index (χ0) is 15.6. The zero-order valence-electron chi connectivity index (χ0n) is 11.4. The van der Waals surface area contributed by atoms with Crippen LogP contribution in [0.15, 0.2) is 0 Å². The summed E-state index contributed by atoms with van der Waals surface area (Å²) in [4.78, 5) is 3.27. The highest BCUT2D eigenvalue weighted by molar-refractivity contribution is 4.70. The minimum Gasteiger partial charge on any atom is -0.382 e. The molecule has 0 heterocycles. The summed E-state index contributed by atoms with van der Waals surface area (Å²) >= 11 is 0. The van der Waals surface area contributed by atoms with Gasteiger partial charge in [0.1, 0.15) is 0 Å². The molecule has 0 aliphatic carbocycles. The molecule has 0 aliphatic heterocycles. The summed E-state index contributed by atoms with van der Waals surface area (Å²) in [6, 6.07) is 0. The van der Waals surface area contributed by atoms with Crippen LogP contribution in [-0.4, -0.2) is 57.2 Å². The first-order valence-corrected chi connectivity index (χ1v) is 5.80. The number of ether oxygens (including phenoxy) is 5. The van der Waals surface area contributed by atoms with Crippen molar-refractivity contribution in [3.8, 4) is 0 Å². The zero-order valence-corrected chi connectivity index (χ0v) is 11.4. The van der Waals surface area contributed by atoms with Gasteiger partial charge in [-0.2, -0.15) is 8.78 Å². The van der Waals surface area contributed by atoms with E-state index in [1.165, 1.54) is 21.0 Å². The summed E-state index contributed by atoms with van der Waals surface area (Å²) in [5.41, 5.74) is 0. The Bertz CT molecular complexity index is 259. The van der Waals surface area contributed by atoms with Crippen LogP contribution in [0, 0.1) is 0 Å². The number of methoxy groups -OCH3 is 1. The third-order valence-corrected chi connectivity index (χ3v) is 1.99. The van der Waals surface area contributed by atoms with Crippen molar-refractivity contribution in [1.82, 2.24) is 0 Å². The maximum atomic E-state index is 12.8. The van der Waals surface area contributed by atoms with E-state index in [2.05, 4.69) is 19.2 Å². The second-order valence-corrected chi connectivity index (χ2v) is 3.30. The van der Waals surface area contributed by atoms with Gasteiger partial charge in [0.2, 0.25) is 0 Å². The standard InChI is InChI=1S/C10H19F3O7/c1-4-16-9(14,18-7-6-15-3)10(20-13,17-5-2)19-8(11)12/h8,14H,4-7H2,1-3H3. The number of alkyl halides is 2. The van der Waals surface area contributed by atoms with Crippen LogP contribution in [0.5, 0.6) is 0 Å². The van der Waals surface area contributed by atoms with Crippen LogP contribution in [-0.2, 0) is 28.6 Å². The van der Waals surface area contributed by atoms with Gasteiger partial charge in [-0.25, -0.2) is 0 Å². The van der Waals surface area contributed by atoms with Gasteiger partial charge in [-0.15, -0.1) is 4.94 Å². The van der Waals surface area contributed by atoms with Crippen molar-refractivity contribution in [3.05, 3.63) is 0 Å². The van der Waals surface area contributed by atoms with Crippen LogP contribution in [0.25, 0.3) is 0 Å². The first-order valence-electron chi connectivity index (χ1n) is 5.80. The molecule has 0 aliphatic rings. The van der Waals surface area contributed by atoms with Gasteiger partial charge in [-0.3, -0.25) is 4.74 Å². The molecule has 0 spiro atoms. The van der Waals surface area contributed by atoms with Crippen LogP contribution in [0.4, 0.5) is 13.3 Å². The Morgan fingerprint density at radius 2 is 1.65 bits per heavy atom. The maximum absolute atomic E-state index is 12.8. The van der Waals surface area contributed by atoms with Gasteiger partial charge in [0.05, 0.1) is 19.8 Å². The van der Waals surface area contributed by atoms with Gasteiger partial charge in [0, 0.05) is 13.7 Å². The third kappa shape index (κ3) is 5.13. The second kappa shape index (κ2) is 9.45. The smallest absolute Gasteiger partial charge is 0.382 e. The van der Waals surface area contributed by atoms with E-state index in [1.807, 2.05) is 0 Å². The minimum absolute atomic E-state index is 0.0292. The van der Waals surface area contributed by atoms with Crippen molar-refractivity contribution in [2.24, 2.45) is 0 Å². The van der Waals surface area contributed by atoms with E-state index in [-0.39, 0.29) is 26.4 Å². The summed E-state index contributed by atoms with van der Waals surface area (Å²) in [5.74, 6) is -6.35. The largest absolute Gasteiger partial charge is 0.406 e. The van der Waals surface area contributed by atoms with E-state index >= 15 is 0 Å². The van der Waals surface area contributed by atoms with Crippen LogP contribution >= 0.6 is 0 Å². The second-order valence-electron chi connectivity index (χ2n) is 3.30. The predicted octanol–water partition coefficient (Wildman–Crippen LogP) is 1.16. The van der Waals surface area contributed by atoms with Crippen LogP contribution in [0.1, 0.15) is 13.8 Å². The number of hydrogen-bond donors (Lipinski definition) is 1. The topological polar surface area (TPSA) is 75.6 Å². The van der Waals surface area contributed by atoms with E-state index in [0.29, 0.717) is 0 Å². The molecule has 0 amide bonds. The Labute approximate surface area is 114 Å². The van der Waals surface area contributed by atoms with Gasteiger partial charge >= 0.3 is 18.6 Å². The third-order valence-electron chi connectivity index (χ3n) is 1.99. The molecule has 122 valence electrons. The highest BCUT2D eigenvalue weighted by Crippen LogP contribution is 2.34. The van der Waals surface area contributed by atoms with Crippen LogP contribution in [0.2, 0.25) is 0 Å². The summed E-state index contributed by atoms with van der Waals surface area (Å²) in [6.07, 6.45) is 0. The Kier molecular flexibility index (Phi) is 9.22. The average molecular weight is 308 g/mol. The lowest BCUT2D eigenvalue weighted by Crippen LogP contribution is -2.62. The molecule has 0 saturated carbocycles. The van der Waals surface area contributed by atoms with E-state index in [9.17, 15) is 18.4 Å². The van der Waals surface area contributed by atoms with E-state index < -0.39 is 18.6 Å². The Morgan fingerprint density at radius 1 is 1.05 bits per heavy atom. The normalized spacial score (nSPS) is 18.0. The van der Waals surface area contributed by atoms with E-state index in [1.54, 1.807) is 0 Å². The van der Waals surface area contributed by atoms with Crippen molar-refractivity contribution in [2.45, 2.75) is 32.4 Å². The van der Waals surface area contributed by atoms with E-state index in [4.69, 9.17) is 9.47 Å². The SMILES string of the molecule is CCOC(O)(OCCOC)C(OF)(OCC)OC(F)F. The summed E-state index contributed by atoms with van der Waals surface area (Å²) in [5, 5.41) is 10.1. The number of halogens is 3. The van der Waals surface area contributed by atoms with Gasteiger partial charge in [0.25, 0.3) is 0 Å². The van der Waals surface area contributed by atoms with Crippen LogP contribution in [0.3, 0.4) is 0 Å². The molecule has 0 bridgehead atoms. The Morgan fingerprint density at radius 3 is 2.05 bits per heavy atom. The lowest BCUT2D eigenvalue weighted by Gasteiger charge is -2.39. The predicted molar refractivity (Wildman–Crippen MR) is 58.0 cm³/mol. The molecule has 7 nitrogen and oxygen atoms in total. The van der Waals surface area contributed by atoms with Crippen molar-refractivity contribution in [1.29, 1.82) is 0 Å². The lowest BCUT2D eigenvalue weighted by molar-refractivity contribution is -0.600. The molecule has 0 aromatic rings. The van der Waals surface area contributed by atoms with Gasteiger partial charge in [0.15, 0.2) is 0 Å². The molecule has 0 saturated heterocycles. The fourth-order valence-electron chi connectivity index (χ4n) is 1.27. The summed E-state index contributed by atoms with van der Waals surface area (Å²) in [7, 11) is 1.33. The first-order chi connectivity index (χ1) is 9.41. The molecule has 0 rings (SSSR count). The Balaban J connectivity index is 5.24. The molecule has 0 aromatic heterocycles. The molecule has 2 unspecified atom stereocenters. The molecule has 1 N–H and O–H groups in total. The number of hydrogen-bond acceptors (Lipinski definition) is 7. The van der Waals surface area contributed by atoms with Gasteiger partial charge in [-0.05, 0) is 18.4 Å². The maximum Gasteiger partial charge on any atom is 0.406 e. The molecule has 0 radical (unpaired) electrons. The van der Waals surface area contributed by atoms with Crippen molar-refractivity contribution in [3.63, 3.8) is 0 Å².